The highest BCUT2D eigenvalue weighted by Crippen LogP contribution is 2.38. The van der Waals surface area contributed by atoms with Gasteiger partial charge in [0.25, 0.3) is 5.91 Å². The van der Waals surface area contributed by atoms with Crippen LogP contribution in [-0.2, 0) is 11.0 Å². The van der Waals surface area contributed by atoms with Crippen LogP contribution in [0, 0.1) is 0 Å². The van der Waals surface area contributed by atoms with Crippen molar-refractivity contribution in [3.05, 3.63) is 54.6 Å². The molecule has 0 aliphatic heterocycles. The van der Waals surface area contributed by atoms with E-state index in [1.807, 2.05) is 34.9 Å². The summed E-state index contributed by atoms with van der Waals surface area (Å²) in [7, 11) is -0.310. The van der Waals surface area contributed by atoms with Gasteiger partial charge in [0.2, 0.25) is 0 Å². The molecule has 3 aromatic rings. The molecule has 1 amide bonds. The highest BCUT2D eigenvalue weighted by atomic mass is 28.4. The van der Waals surface area contributed by atoms with Gasteiger partial charge in [-0.3, -0.25) is 4.79 Å². The molecule has 0 unspecified atom stereocenters. The Kier molecular flexibility index (Phi) is 8.04. The number of carbonyl (C=O) groups is 1. The summed E-state index contributed by atoms with van der Waals surface area (Å²) in [5, 5.41) is 2.33. The fraction of sp³-hybridized carbons (Fsp3) is 0.462. The number of aromatic nitrogens is 2. The molecule has 1 heterocycles. The first-order chi connectivity index (χ1) is 16.0. The van der Waals surface area contributed by atoms with Gasteiger partial charge in [-0.2, -0.15) is 0 Å². The maximum Gasteiger partial charge on any atom is 0.268 e. The summed E-state index contributed by atoms with van der Waals surface area (Å²) in [5.74, 6) is 1.14. The molecule has 0 bridgehead atoms. The number of amides is 1. The maximum absolute atomic E-state index is 11.4. The Hall–Kier alpha value is -2.84. The lowest BCUT2D eigenvalue weighted by atomic mass is 10.1. The minimum absolute atomic E-state index is 0.0136. The lowest BCUT2D eigenvalue weighted by Crippen LogP contribution is -2.45. The summed E-state index contributed by atoms with van der Waals surface area (Å²) in [6.07, 6.45) is 4.98. The van der Waals surface area contributed by atoms with Crippen LogP contribution in [0.4, 0.5) is 0 Å². The van der Waals surface area contributed by atoms with Crippen molar-refractivity contribution in [3.63, 3.8) is 0 Å². The molecule has 0 spiro atoms. The van der Waals surface area contributed by atoms with Crippen LogP contribution in [0.15, 0.2) is 48.9 Å². The average Bonchev–Trinajstić information content (AvgIpc) is 3.24. The largest absolute Gasteiger partial charge is 0.497 e. The van der Waals surface area contributed by atoms with Gasteiger partial charge in [0.1, 0.15) is 17.2 Å². The van der Waals surface area contributed by atoms with E-state index in [-0.39, 0.29) is 16.8 Å². The monoisotopic (exact) mass is 483 g/mol. The zero-order valence-corrected chi connectivity index (χ0v) is 22.1. The van der Waals surface area contributed by atoms with Crippen molar-refractivity contribution >= 4 is 25.0 Å². The molecular weight excluding hydrogens is 446 g/mol. The molecule has 0 saturated heterocycles. The van der Waals surface area contributed by atoms with Crippen LogP contribution in [0.1, 0.15) is 44.1 Å². The summed E-state index contributed by atoms with van der Waals surface area (Å²) in [6.45, 7) is 12.4. The van der Waals surface area contributed by atoms with Gasteiger partial charge in [-0.1, -0.05) is 32.9 Å². The molecule has 184 valence electrons. The molecule has 0 aliphatic carbocycles. The smallest absolute Gasteiger partial charge is 0.268 e. The van der Waals surface area contributed by atoms with E-state index in [9.17, 15) is 4.79 Å². The van der Waals surface area contributed by atoms with Crippen molar-refractivity contribution in [2.75, 3.05) is 13.7 Å². The summed E-state index contributed by atoms with van der Waals surface area (Å²) >= 11 is 0. The summed E-state index contributed by atoms with van der Waals surface area (Å²) < 4.78 is 20.0. The standard InChI is InChI=1S/C26H37N3O4Si/c1-26(2,3)34(5,6)33-23(16-29-17-24(25(27)30)28-18-29)8-7-13-32-22-12-10-19-9-11-21(31-4)14-20(19)15-22/h9-12,14-15,17-18,23H,7-8,13,16H2,1-6H3,(H2,27,30)/t23-/m0/s1. The molecule has 1 aromatic heterocycles. The molecule has 34 heavy (non-hydrogen) atoms. The van der Waals surface area contributed by atoms with Crippen molar-refractivity contribution in [3.8, 4) is 11.5 Å². The minimum Gasteiger partial charge on any atom is -0.497 e. The second-order valence-electron chi connectivity index (χ2n) is 10.2. The summed E-state index contributed by atoms with van der Waals surface area (Å²) in [4.78, 5) is 15.5. The number of nitrogens with two attached hydrogens (primary N) is 1. The van der Waals surface area contributed by atoms with Crippen LogP contribution in [0.2, 0.25) is 18.1 Å². The number of ether oxygens (including phenoxy) is 2. The van der Waals surface area contributed by atoms with Crippen LogP contribution in [0.5, 0.6) is 11.5 Å². The Balaban J connectivity index is 1.63. The number of carbonyl (C=O) groups excluding carboxylic acids is 1. The minimum atomic E-state index is -1.98. The van der Waals surface area contributed by atoms with Crippen LogP contribution < -0.4 is 15.2 Å². The number of rotatable bonds is 11. The topological polar surface area (TPSA) is 88.6 Å². The Morgan fingerprint density at radius 2 is 1.79 bits per heavy atom. The zero-order valence-electron chi connectivity index (χ0n) is 21.1. The van der Waals surface area contributed by atoms with Crippen LogP contribution >= 0.6 is 0 Å². The quantitative estimate of drug-likeness (QED) is 0.292. The van der Waals surface area contributed by atoms with Gasteiger partial charge in [0.05, 0.1) is 26.1 Å². The van der Waals surface area contributed by atoms with Crippen LogP contribution in [0.25, 0.3) is 10.8 Å². The van der Waals surface area contributed by atoms with Crippen molar-refractivity contribution in [1.29, 1.82) is 0 Å². The van der Waals surface area contributed by atoms with Crippen molar-refractivity contribution < 1.29 is 18.7 Å². The Labute approximate surface area is 203 Å². The van der Waals surface area contributed by atoms with E-state index in [0.717, 1.165) is 35.1 Å². The number of primary amides is 1. The van der Waals surface area contributed by atoms with Crippen molar-refractivity contribution in [2.45, 2.75) is 64.4 Å². The number of fused-ring (bicyclic) bond motifs is 1. The van der Waals surface area contributed by atoms with E-state index in [2.05, 4.69) is 44.9 Å². The molecule has 0 radical (unpaired) electrons. The van der Waals surface area contributed by atoms with Gasteiger partial charge in [0, 0.05) is 12.7 Å². The lowest BCUT2D eigenvalue weighted by molar-refractivity contribution is 0.0995. The Morgan fingerprint density at radius 1 is 1.12 bits per heavy atom. The average molecular weight is 484 g/mol. The molecule has 8 heteroatoms. The lowest BCUT2D eigenvalue weighted by Gasteiger charge is -2.39. The van der Waals surface area contributed by atoms with Gasteiger partial charge in [-0.15, -0.1) is 0 Å². The number of imidazole rings is 1. The van der Waals surface area contributed by atoms with Crippen LogP contribution in [-0.4, -0.2) is 43.6 Å². The molecule has 2 N–H and O–H groups in total. The molecule has 0 aliphatic rings. The van der Waals surface area contributed by atoms with Crippen molar-refractivity contribution in [2.24, 2.45) is 5.73 Å². The molecule has 3 rings (SSSR count). The highest BCUT2D eigenvalue weighted by Gasteiger charge is 2.39. The predicted octanol–water partition coefficient (Wildman–Crippen LogP) is 5.39. The van der Waals surface area contributed by atoms with Crippen molar-refractivity contribution in [1.82, 2.24) is 9.55 Å². The van der Waals surface area contributed by atoms with Gasteiger partial charge >= 0.3 is 0 Å². The van der Waals surface area contributed by atoms with Gasteiger partial charge in [-0.05, 0) is 66.0 Å². The van der Waals surface area contributed by atoms with E-state index >= 15 is 0 Å². The molecule has 1 atom stereocenters. The molecule has 7 nitrogen and oxygen atoms in total. The van der Waals surface area contributed by atoms with E-state index < -0.39 is 14.2 Å². The number of hydrogen-bond donors (Lipinski definition) is 1. The normalized spacial score (nSPS) is 13.1. The highest BCUT2D eigenvalue weighted by molar-refractivity contribution is 6.74. The van der Waals surface area contributed by atoms with Crippen LogP contribution in [0.3, 0.4) is 0 Å². The zero-order chi connectivity index (χ0) is 24.9. The molecular formula is C26H37N3O4Si. The van der Waals surface area contributed by atoms with E-state index in [1.54, 1.807) is 19.6 Å². The van der Waals surface area contributed by atoms with E-state index in [1.165, 1.54) is 0 Å². The number of nitrogens with zero attached hydrogens (tertiary/aromatic N) is 2. The Morgan fingerprint density at radius 3 is 2.41 bits per heavy atom. The fourth-order valence-corrected chi connectivity index (χ4v) is 4.90. The predicted molar refractivity (Wildman–Crippen MR) is 138 cm³/mol. The van der Waals surface area contributed by atoms with E-state index in [0.29, 0.717) is 13.2 Å². The third-order valence-electron chi connectivity index (χ3n) is 6.53. The SMILES string of the molecule is COc1ccc2ccc(OCCC[C@@H](Cn3cnc(C(N)=O)c3)O[Si](C)(C)C(C)(C)C)cc2c1. The fourth-order valence-electron chi connectivity index (χ4n) is 3.52. The molecule has 0 fully saturated rings. The van der Waals surface area contributed by atoms with Gasteiger partial charge in [0.15, 0.2) is 8.32 Å². The second-order valence-corrected chi connectivity index (χ2v) is 14.9. The molecule has 2 aromatic carbocycles. The molecule has 0 saturated carbocycles. The third kappa shape index (κ3) is 6.61. The maximum atomic E-state index is 11.4. The van der Waals surface area contributed by atoms with Gasteiger partial charge in [-0.25, -0.2) is 4.98 Å². The first-order valence-electron chi connectivity index (χ1n) is 11.7. The third-order valence-corrected chi connectivity index (χ3v) is 11.1. The number of methoxy groups -OCH3 is 1. The van der Waals surface area contributed by atoms with E-state index in [4.69, 9.17) is 19.6 Å². The summed E-state index contributed by atoms with van der Waals surface area (Å²) in [6, 6.07) is 12.1. The van der Waals surface area contributed by atoms with Gasteiger partial charge < -0.3 is 24.2 Å². The second kappa shape index (κ2) is 10.6. The number of benzene rings is 2. The Bertz CT molecular complexity index is 1120. The first kappa shape index (κ1) is 25.8. The first-order valence-corrected chi connectivity index (χ1v) is 14.6. The summed E-state index contributed by atoms with van der Waals surface area (Å²) in [5.41, 5.74) is 5.62. The number of hydrogen-bond acceptors (Lipinski definition) is 5.